The highest BCUT2D eigenvalue weighted by Crippen LogP contribution is 2.38. The molecule has 0 radical (unpaired) electrons. The number of rotatable bonds is 4. The fourth-order valence-corrected chi connectivity index (χ4v) is 3.95. The number of likely N-dealkylation sites (tertiary alicyclic amines) is 1. The van der Waals surface area contributed by atoms with Crippen molar-refractivity contribution in [3.63, 3.8) is 0 Å². The van der Waals surface area contributed by atoms with Crippen molar-refractivity contribution in [2.24, 2.45) is 7.05 Å². The molecule has 0 spiro atoms. The van der Waals surface area contributed by atoms with Crippen molar-refractivity contribution in [1.82, 2.24) is 24.6 Å². The second-order valence-electron chi connectivity index (χ2n) is 7.69. The van der Waals surface area contributed by atoms with E-state index in [1.807, 2.05) is 62.3 Å². The first-order valence-corrected chi connectivity index (χ1v) is 9.86. The number of aromatic nitrogens is 4. The van der Waals surface area contributed by atoms with Crippen LogP contribution in [-0.2, 0) is 7.05 Å². The molecular formula is C22H26N6O. The highest BCUT2D eigenvalue weighted by molar-refractivity contribution is 5.95. The molecule has 2 aromatic heterocycles. The van der Waals surface area contributed by atoms with E-state index in [1.54, 1.807) is 10.9 Å². The monoisotopic (exact) mass is 390 g/mol. The minimum Gasteiger partial charge on any atom is -0.347 e. The summed E-state index contributed by atoms with van der Waals surface area (Å²) in [5.41, 5.74) is 4.35. The van der Waals surface area contributed by atoms with E-state index in [2.05, 4.69) is 22.2 Å². The van der Waals surface area contributed by atoms with Gasteiger partial charge in [-0.05, 0) is 25.3 Å². The zero-order valence-electron chi connectivity index (χ0n) is 17.3. The molecule has 3 aromatic rings. The van der Waals surface area contributed by atoms with E-state index in [-0.39, 0.29) is 11.9 Å². The first-order valence-electron chi connectivity index (χ1n) is 9.86. The number of nitrogens with zero attached hydrogens (tertiary/aromatic N) is 6. The Bertz CT molecular complexity index is 1030. The van der Waals surface area contributed by atoms with Gasteiger partial charge in [-0.2, -0.15) is 5.10 Å². The lowest BCUT2D eigenvalue weighted by Crippen LogP contribution is -2.32. The number of hydrogen-bond donors (Lipinski definition) is 0. The quantitative estimate of drug-likeness (QED) is 0.684. The standard InChI is InChI=1S/C22H26N6O/c1-15-18(14-27(4)25-15)21(29)28-12-8-11-19(28)20-17(16-9-6-5-7-10-16)13-23-22(24-20)26(2)3/h5-7,9-10,13-14,19H,8,11-12H2,1-4H3/t19-/m0/s1. The van der Waals surface area contributed by atoms with E-state index < -0.39 is 0 Å². The molecule has 0 saturated carbocycles. The Morgan fingerprint density at radius 1 is 1.21 bits per heavy atom. The predicted molar refractivity (Wildman–Crippen MR) is 113 cm³/mol. The fourth-order valence-electron chi connectivity index (χ4n) is 3.95. The van der Waals surface area contributed by atoms with Gasteiger partial charge in [0.05, 0.1) is 23.0 Å². The fraction of sp³-hybridized carbons (Fsp3) is 0.364. The van der Waals surface area contributed by atoms with Gasteiger partial charge in [-0.3, -0.25) is 9.48 Å². The largest absolute Gasteiger partial charge is 0.347 e. The van der Waals surface area contributed by atoms with E-state index >= 15 is 0 Å². The lowest BCUT2D eigenvalue weighted by molar-refractivity contribution is 0.0732. The van der Waals surface area contributed by atoms with Gasteiger partial charge < -0.3 is 9.80 Å². The lowest BCUT2D eigenvalue weighted by atomic mass is 9.99. The van der Waals surface area contributed by atoms with Crippen LogP contribution in [0.25, 0.3) is 11.1 Å². The van der Waals surface area contributed by atoms with Crippen molar-refractivity contribution in [2.75, 3.05) is 25.5 Å². The Morgan fingerprint density at radius 3 is 2.62 bits per heavy atom. The molecule has 1 aliphatic rings. The molecule has 7 nitrogen and oxygen atoms in total. The van der Waals surface area contributed by atoms with Gasteiger partial charge in [0.15, 0.2) is 0 Å². The summed E-state index contributed by atoms with van der Waals surface area (Å²) in [6.45, 7) is 2.59. The van der Waals surface area contributed by atoms with Gasteiger partial charge in [-0.15, -0.1) is 0 Å². The number of carbonyl (C=O) groups excluding carboxylic acids is 1. The minimum atomic E-state index is -0.0842. The third kappa shape index (κ3) is 3.60. The predicted octanol–water partition coefficient (Wildman–Crippen LogP) is 3.23. The van der Waals surface area contributed by atoms with Crippen LogP contribution in [0.1, 0.15) is 40.6 Å². The second kappa shape index (κ2) is 7.66. The average Bonchev–Trinajstić information content (AvgIpc) is 3.33. The second-order valence-corrected chi connectivity index (χ2v) is 7.69. The molecule has 0 aliphatic carbocycles. The summed E-state index contributed by atoms with van der Waals surface area (Å²) in [5.74, 6) is 0.665. The summed E-state index contributed by atoms with van der Waals surface area (Å²) >= 11 is 0. The van der Waals surface area contributed by atoms with Crippen LogP contribution in [0.4, 0.5) is 5.95 Å². The molecule has 7 heteroatoms. The van der Waals surface area contributed by atoms with Crippen molar-refractivity contribution < 1.29 is 4.79 Å². The van der Waals surface area contributed by atoms with Gasteiger partial charge in [0.1, 0.15) is 0 Å². The van der Waals surface area contributed by atoms with Crippen LogP contribution in [0.3, 0.4) is 0 Å². The number of aryl methyl sites for hydroxylation is 2. The smallest absolute Gasteiger partial charge is 0.257 e. The van der Waals surface area contributed by atoms with Crippen LogP contribution >= 0.6 is 0 Å². The maximum Gasteiger partial charge on any atom is 0.257 e. The molecule has 150 valence electrons. The molecule has 3 heterocycles. The topological polar surface area (TPSA) is 67.2 Å². The van der Waals surface area contributed by atoms with Gasteiger partial charge in [0.25, 0.3) is 5.91 Å². The molecule has 1 atom stereocenters. The van der Waals surface area contributed by atoms with E-state index in [0.717, 1.165) is 35.4 Å². The van der Waals surface area contributed by atoms with Crippen molar-refractivity contribution in [2.45, 2.75) is 25.8 Å². The molecule has 1 aromatic carbocycles. The number of benzene rings is 1. The third-order valence-electron chi connectivity index (χ3n) is 5.36. The van der Waals surface area contributed by atoms with Gasteiger partial charge in [-0.1, -0.05) is 30.3 Å². The van der Waals surface area contributed by atoms with Crippen LogP contribution in [0.5, 0.6) is 0 Å². The third-order valence-corrected chi connectivity index (χ3v) is 5.36. The zero-order valence-corrected chi connectivity index (χ0v) is 17.3. The van der Waals surface area contributed by atoms with Crippen LogP contribution < -0.4 is 4.90 Å². The van der Waals surface area contributed by atoms with Crippen molar-refractivity contribution >= 4 is 11.9 Å². The van der Waals surface area contributed by atoms with E-state index in [0.29, 0.717) is 18.1 Å². The maximum atomic E-state index is 13.4. The van der Waals surface area contributed by atoms with Gasteiger partial charge in [0, 0.05) is 45.6 Å². The van der Waals surface area contributed by atoms with Crippen molar-refractivity contribution in [3.8, 4) is 11.1 Å². The Labute approximate surface area is 171 Å². The van der Waals surface area contributed by atoms with Crippen molar-refractivity contribution in [3.05, 3.63) is 59.7 Å². The normalized spacial score (nSPS) is 16.3. The first kappa shape index (κ1) is 19.1. The van der Waals surface area contributed by atoms with Crippen LogP contribution in [0, 0.1) is 6.92 Å². The summed E-state index contributed by atoms with van der Waals surface area (Å²) in [4.78, 5) is 26.6. The summed E-state index contributed by atoms with van der Waals surface area (Å²) in [6.07, 6.45) is 5.51. The van der Waals surface area contributed by atoms with Gasteiger partial charge >= 0.3 is 0 Å². The molecule has 0 N–H and O–H groups in total. The number of carbonyl (C=O) groups is 1. The highest BCUT2D eigenvalue weighted by atomic mass is 16.2. The molecule has 4 rings (SSSR count). The van der Waals surface area contributed by atoms with E-state index in [1.165, 1.54) is 0 Å². The number of hydrogen-bond acceptors (Lipinski definition) is 5. The molecule has 0 bridgehead atoms. The number of amides is 1. The van der Waals surface area contributed by atoms with Gasteiger partial charge in [-0.25, -0.2) is 9.97 Å². The van der Waals surface area contributed by atoms with Crippen LogP contribution in [-0.4, -0.2) is 51.2 Å². The van der Waals surface area contributed by atoms with Gasteiger partial charge in [0.2, 0.25) is 5.95 Å². The summed E-state index contributed by atoms with van der Waals surface area (Å²) < 4.78 is 1.69. The molecule has 1 fully saturated rings. The Hall–Kier alpha value is -3.22. The van der Waals surface area contributed by atoms with E-state index in [9.17, 15) is 4.79 Å². The molecule has 29 heavy (non-hydrogen) atoms. The molecule has 0 unspecified atom stereocenters. The van der Waals surface area contributed by atoms with E-state index in [4.69, 9.17) is 4.98 Å². The Morgan fingerprint density at radius 2 is 1.97 bits per heavy atom. The summed E-state index contributed by atoms with van der Waals surface area (Å²) in [7, 11) is 5.70. The van der Waals surface area contributed by atoms with Crippen molar-refractivity contribution in [1.29, 1.82) is 0 Å². The van der Waals surface area contributed by atoms with Crippen LogP contribution in [0.15, 0.2) is 42.7 Å². The minimum absolute atomic E-state index is 0.0159. The molecule has 1 aliphatic heterocycles. The first-order chi connectivity index (χ1) is 14.0. The summed E-state index contributed by atoms with van der Waals surface area (Å²) in [5, 5.41) is 4.34. The Kier molecular flexibility index (Phi) is 5.05. The maximum absolute atomic E-state index is 13.4. The Balaban J connectivity index is 1.78. The average molecular weight is 390 g/mol. The molecule has 1 saturated heterocycles. The zero-order chi connectivity index (χ0) is 20.5. The highest BCUT2D eigenvalue weighted by Gasteiger charge is 2.35. The molecular weight excluding hydrogens is 364 g/mol. The number of anilines is 1. The SMILES string of the molecule is Cc1nn(C)cc1C(=O)N1CCC[C@H]1c1nc(N(C)C)ncc1-c1ccccc1. The van der Waals surface area contributed by atoms with Crippen LogP contribution in [0.2, 0.25) is 0 Å². The lowest BCUT2D eigenvalue weighted by Gasteiger charge is -2.26. The molecule has 1 amide bonds. The summed E-state index contributed by atoms with van der Waals surface area (Å²) in [6, 6.07) is 10.0.